The van der Waals surface area contributed by atoms with Crippen molar-refractivity contribution in [2.45, 2.75) is 38.5 Å². The summed E-state index contributed by atoms with van der Waals surface area (Å²) in [7, 11) is 0. The number of nitrogens with one attached hydrogen (secondary N) is 1. The minimum Gasteiger partial charge on any atom is -0.485 e. The van der Waals surface area contributed by atoms with Crippen molar-refractivity contribution in [3.8, 4) is 11.8 Å². The summed E-state index contributed by atoms with van der Waals surface area (Å²) in [6.45, 7) is 4.65. The Balaban J connectivity index is 2.62. The van der Waals surface area contributed by atoms with Crippen molar-refractivity contribution in [2.75, 3.05) is 0 Å². The lowest BCUT2D eigenvalue weighted by Crippen LogP contribution is -2.57. The Labute approximate surface area is 128 Å². The normalized spacial score (nSPS) is 21.8. The van der Waals surface area contributed by atoms with Gasteiger partial charge in [-0.25, -0.2) is 5.01 Å². The molecule has 0 aromatic heterocycles. The molecule has 116 valence electrons. The molecule has 1 aliphatic heterocycles. The van der Waals surface area contributed by atoms with Crippen molar-refractivity contribution < 1.29 is 19.4 Å². The van der Waals surface area contributed by atoms with Crippen LogP contribution in [0.1, 0.15) is 37.9 Å². The Morgan fingerprint density at radius 3 is 2.77 bits per heavy atom. The minimum absolute atomic E-state index is 0.365. The Bertz CT molecular complexity index is 651. The van der Waals surface area contributed by atoms with E-state index in [1.165, 1.54) is 6.92 Å². The molecule has 0 aliphatic carbocycles. The van der Waals surface area contributed by atoms with Crippen LogP contribution in [0.2, 0.25) is 0 Å². The minimum atomic E-state index is -1.09. The summed E-state index contributed by atoms with van der Waals surface area (Å²) in [5.74, 6) is 0.0143. The molecule has 0 unspecified atom stereocenters. The number of hydrogen-bond donors (Lipinski definition) is 2. The van der Waals surface area contributed by atoms with E-state index in [1.807, 2.05) is 6.07 Å². The van der Waals surface area contributed by atoms with Crippen LogP contribution < -0.4 is 10.2 Å². The number of carbonyl (C=O) groups is 2. The van der Waals surface area contributed by atoms with Gasteiger partial charge in [-0.3, -0.25) is 15.0 Å². The molecule has 7 heteroatoms. The second kappa shape index (κ2) is 5.66. The molecule has 2 atom stereocenters. The number of rotatable bonds is 3. The molecular weight excluding hydrogens is 286 g/mol. The van der Waals surface area contributed by atoms with E-state index in [4.69, 9.17) is 10.00 Å². The smallest absolute Gasteiger partial charge is 0.238 e. The zero-order valence-electron chi connectivity index (χ0n) is 12.5. The summed E-state index contributed by atoms with van der Waals surface area (Å²) < 4.78 is 5.76. The van der Waals surface area contributed by atoms with Crippen LogP contribution >= 0.6 is 0 Å². The Morgan fingerprint density at radius 1 is 1.55 bits per heavy atom. The number of benzene rings is 1. The monoisotopic (exact) mass is 303 g/mol. The first-order valence-electron chi connectivity index (χ1n) is 6.72. The lowest BCUT2D eigenvalue weighted by atomic mass is 9.85. The highest BCUT2D eigenvalue weighted by Gasteiger charge is 2.46. The van der Waals surface area contributed by atoms with Gasteiger partial charge in [-0.2, -0.15) is 5.26 Å². The number of aliphatic hydroxyl groups excluding tert-OH is 1. The van der Waals surface area contributed by atoms with Crippen molar-refractivity contribution in [3.63, 3.8) is 0 Å². The third kappa shape index (κ3) is 2.61. The zero-order valence-corrected chi connectivity index (χ0v) is 12.5. The van der Waals surface area contributed by atoms with E-state index < -0.39 is 23.7 Å². The predicted octanol–water partition coefficient (Wildman–Crippen LogP) is 0.641. The number of ether oxygens (including phenoxy) is 1. The average Bonchev–Trinajstić information content (AvgIpc) is 2.46. The first kappa shape index (κ1) is 15.8. The number of nitrogens with zero attached hydrogens (tertiary/aromatic N) is 2. The predicted molar refractivity (Wildman–Crippen MR) is 76.3 cm³/mol. The molecule has 0 spiro atoms. The molecule has 1 aromatic carbocycles. The van der Waals surface area contributed by atoms with Gasteiger partial charge in [0, 0.05) is 12.5 Å². The maximum Gasteiger partial charge on any atom is 0.238 e. The number of aliphatic hydroxyl groups is 1. The zero-order chi connectivity index (χ0) is 16.5. The van der Waals surface area contributed by atoms with Crippen molar-refractivity contribution in [3.05, 3.63) is 29.3 Å². The number of hydrogen-bond acceptors (Lipinski definition) is 5. The quantitative estimate of drug-likeness (QED) is 0.630. The summed E-state index contributed by atoms with van der Waals surface area (Å²) in [5.41, 5.74) is 2.17. The van der Waals surface area contributed by atoms with Crippen LogP contribution in [0.4, 0.5) is 0 Å². The van der Waals surface area contributed by atoms with Crippen LogP contribution in [0.15, 0.2) is 18.2 Å². The van der Waals surface area contributed by atoms with Crippen molar-refractivity contribution >= 4 is 12.3 Å². The van der Waals surface area contributed by atoms with E-state index >= 15 is 0 Å². The van der Waals surface area contributed by atoms with Gasteiger partial charge in [-0.1, -0.05) is 0 Å². The van der Waals surface area contributed by atoms with Crippen LogP contribution in [0.3, 0.4) is 0 Å². The molecule has 0 saturated carbocycles. The lowest BCUT2D eigenvalue weighted by Gasteiger charge is -2.45. The van der Waals surface area contributed by atoms with Crippen LogP contribution in [-0.4, -0.2) is 34.1 Å². The summed E-state index contributed by atoms with van der Waals surface area (Å²) in [6.07, 6.45) is -0.727. The summed E-state index contributed by atoms with van der Waals surface area (Å²) >= 11 is 0. The highest BCUT2D eigenvalue weighted by molar-refractivity contribution is 5.75. The van der Waals surface area contributed by atoms with E-state index in [0.717, 1.165) is 5.01 Å². The van der Waals surface area contributed by atoms with Gasteiger partial charge in [0.05, 0.1) is 11.6 Å². The van der Waals surface area contributed by atoms with Gasteiger partial charge in [0.2, 0.25) is 12.3 Å². The molecule has 0 radical (unpaired) electrons. The van der Waals surface area contributed by atoms with Crippen LogP contribution in [-0.2, 0) is 9.59 Å². The maximum absolute atomic E-state index is 11.8. The van der Waals surface area contributed by atoms with E-state index in [1.54, 1.807) is 32.0 Å². The summed E-state index contributed by atoms with van der Waals surface area (Å²) in [5, 5.41) is 20.7. The standard InChI is InChI=1S/C15H17N3O4/c1-9(20)18(17-8-19)13-11-6-10(7-16)4-5-12(11)22-15(2,3)14(13)21/h4-6,8,13-14,21H,1-3H3,(H,17,19)/t13-,14+/m1/s1. The van der Waals surface area contributed by atoms with Crippen molar-refractivity contribution in [1.82, 2.24) is 10.4 Å². The van der Waals surface area contributed by atoms with Gasteiger partial charge < -0.3 is 9.84 Å². The number of amides is 2. The van der Waals surface area contributed by atoms with Crippen LogP contribution in [0.25, 0.3) is 0 Å². The van der Waals surface area contributed by atoms with Gasteiger partial charge in [-0.05, 0) is 32.0 Å². The third-order valence-electron chi connectivity index (χ3n) is 3.65. The molecule has 22 heavy (non-hydrogen) atoms. The molecule has 0 fully saturated rings. The van der Waals surface area contributed by atoms with Crippen LogP contribution in [0.5, 0.6) is 5.75 Å². The van der Waals surface area contributed by atoms with E-state index in [-0.39, 0.29) is 0 Å². The first-order valence-corrected chi connectivity index (χ1v) is 6.72. The fourth-order valence-corrected chi connectivity index (χ4v) is 2.54. The third-order valence-corrected chi connectivity index (χ3v) is 3.65. The molecule has 0 saturated heterocycles. The van der Waals surface area contributed by atoms with Gasteiger partial charge in [-0.15, -0.1) is 0 Å². The van der Waals surface area contributed by atoms with E-state index in [2.05, 4.69) is 5.43 Å². The fourth-order valence-electron chi connectivity index (χ4n) is 2.54. The summed E-state index contributed by atoms with van der Waals surface area (Å²) in [4.78, 5) is 22.6. The molecule has 2 amide bonds. The van der Waals surface area contributed by atoms with Gasteiger partial charge in [0.1, 0.15) is 23.5 Å². The molecule has 7 nitrogen and oxygen atoms in total. The van der Waals surface area contributed by atoms with Gasteiger partial charge >= 0.3 is 0 Å². The molecule has 2 N–H and O–H groups in total. The highest BCUT2D eigenvalue weighted by Crippen LogP contribution is 2.42. The average molecular weight is 303 g/mol. The fraction of sp³-hybridized carbons (Fsp3) is 0.400. The Kier molecular flexibility index (Phi) is 4.06. The molecule has 0 bridgehead atoms. The molecular formula is C15H17N3O4. The largest absolute Gasteiger partial charge is 0.485 e. The van der Waals surface area contributed by atoms with Crippen molar-refractivity contribution in [1.29, 1.82) is 5.26 Å². The SMILES string of the molecule is CC(=O)N(NC=O)[C@@H]1c2cc(C#N)ccc2OC(C)(C)[C@H]1O. The second-order valence-corrected chi connectivity index (χ2v) is 5.60. The maximum atomic E-state index is 11.8. The van der Waals surface area contributed by atoms with Crippen LogP contribution in [0, 0.1) is 11.3 Å². The first-order chi connectivity index (χ1) is 10.3. The lowest BCUT2D eigenvalue weighted by molar-refractivity contribution is -0.151. The van der Waals surface area contributed by atoms with E-state index in [9.17, 15) is 14.7 Å². The summed E-state index contributed by atoms with van der Waals surface area (Å²) in [6, 6.07) is 5.90. The number of fused-ring (bicyclic) bond motifs is 1. The number of carbonyl (C=O) groups excluding carboxylic acids is 2. The number of nitriles is 1. The second-order valence-electron chi connectivity index (χ2n) is 5.60. The van der Waals surface area contributed by atoms with E-state index in [0.29, 0.717) is 23.3 Å². The Morgan fingerprint density at radius 2 is 2.23 bits per heavy atom. The topological polar surface area (TPSA) is 103 Å². The molecule has 1 aliphatic rings. The van der Waals surface area contributed by atoms with Crippen molar-refractivity contribution in [2.24, 2.45) is 0 Å². The molecule has 2 rings (SSSR count). The van der Waals surface area contributed by atoms with Gasteiger partial charge in [0.15, 0.2) is 0 Å². The molecule has 1 heterocycles. The Hall–Kier alpha value is -2.59. The molecule has 1 aromatic rings. The number of hydrazine groups is 1. The highest BCUT2D eigenvalue weighted by atomic mass is 16.5. The van der Waals surface area contributed by atoms with Gasteiger partial charge in [0.25, 0.3) is 0 Å².